The average Bonchev–Trinajstić information content (AvgIpc) is 0.811. The van der Waals surface area contributed by atoms with Crippen LogP contribution in [0, 0.1) is 0 Å². The zero-order valence-corrected chi connectivity index (χ0v) is 3.81. The normalized spacial score (nSPS) is 16.0. The maximum atomic E-state index is 7.97. The molecule has 1 N–H and O–H groups in total. The van der Waals surface area contributed by atoms with Crippen molar-refractivity contribution in [1.82, 2.24) is 0 Å². The zero-order valence-electron chi connectivity index (χ0n) is 2.33. The zero-order chi connectivity index (χ0) is 3.58. The predicted molar refractivity (Wildman–Crippen MR) is 11.7 cm³/mol. The second-order valence-corrected chi connectivity index (χ2v) is 1.75. The molecule has 0 aliphatic rings. The van der Waals surface area contributed by atoms with Gasteiger partial charge in [0.2, 0.25) is 0 Å². The molecule has 2 heteroatoms. The van der Waals surface area contributed by atoms with Gasteiger partial charge in [-0.15, -0.1) is 0 Å². The molecule has 0 amide bonds. The Morgan fingerprint density at radius 3 is 2.00 bits per heavy atom. The molecule has 1 atom stereocenters. The van der Waals surface area contributed by atoms with Crippen LogP contribution in [0.1, 0.15) is 6.92 Å². The van der Waals surface area contributed by atoms with Crippen molar-refractivity contribution in [2.75, 3.05) is 0 Å². The van der Waals surface area contributed by atoms with Gasteiger partial charge in [-0.3, -0.25) is 0 Å². The van der Waals surface area contributed by atoms with Crippen molar-refractivity contribution in [1.29, 1.82) is 0 Å². The Labute approximate surface area is 37.9 Å². The first-order valence-electron chi connectivity index (χ1n) is 1.01. The third-order valence-electron chi connectivity index (χ3n) is 0. The molecule has 0 rings (SSSR count). The van der Waals surface area contributed by atoms with Gasteiger partial charge >= 0.3 is 37.4 Å². The molecule has 1 unspecified atom stereocenters. The Morgan fingerprint density at radius 2 is 2.00 bits per heavy atom. The van der Waals surface area contributed by atoms with Crippen LogP contribution in [0.15, 0.2) is 0 Å². The molecular weight excluding hydrogens is 148 g/mol. The van der Waals surface area contributed by atoms with E-state index in [9.17, 15) is 0 Å². The van der Waals surface area contributed by atoms with Crippen LogP contribution < -0.4 is 0 Å². The number of rotatable bonds is 0. The molecule has 1 nitrogen and oxygen atoms in total. The summed E-state index contributed by atoms with van der Waals surface area (Å²) < 4.78 is -0.357. The fraction of sp³-hybridized carbons (Fsp3) is 1.00. The van der Waals surface area contributed by atoms with Gasteiger partial charge in [0.25, 0.3) is 0 Å². The molecule has 0 saturated carbocycles. The Hall–Kier alpha value is 0.700. The summed E-state index contributed by atoms with van der Waals surface area (Å²) in [6, 6.07) is 0. The van der Waals surface area contributed by atoms with E-state index in [4.69, 9.17) is 5.11 Å². The van der Waals surface area contributed by atoms with E-state index in [-0.39, 0.29) is 4.32 Å². The average molecular weight is 153 g/mol. The van der Waals surface area contributed by atoms with E-state index in [1.165, 1.54) is 0 Å². The minimum atomic E-state index is -0.357. The van der Waals surface area contributed by atoms with Crippen LogP contribution in [0.5, 0.6) is 0 Å². The van der Waals surface area contributed by atoms with Crippen LogP contribution in [0.2, 0.25) is 0 Å². The van der Waals surface area contributed by atoms with Crippen molar-refractivity contribution in [3.63, 3.8) is 0 Å². The van der Waals surface area contributed by atoms with Gasteiger partial charge in [0, 0.05) is 0 Å². The molecule has 0 aromatic rings. The summed E-state index contributed by atoms with van der Waals surface area (Å²) in [4.78, 5) is 0. The van der Waals surface area contributed by atoms with Gasteiger partial charge in [0.05, 0.1) is 0 Å². The van der Waals surface area contributed by atoms with Crippen LogP contribution in [-0.2, 0) is 21.1 Å². The molecule has 0 spiro atoms. The minimum absolute atomic E-state index is 0.357. The third-order valence-corrected chi connectivity index (χ3v) is 0. The van der Waals surface area contributed by atoms with Gasteiger partial charge in [-0.1, -0.05) is 0 Å². The van der Waals surface area contributed by atoms with Gasteiger partial charge in [-0.2, -0.15) is 0 Å². The van der Waals surface area contributed by atoms with Gasteiger partial charge in [0.15, 0.2) is 0 Å². The molecule has 0 fully saturated rings. The number of aliphatic hydroxyl groups is 1. The first-order chi connectivity index (χ1) is 1.73. The first-order valence-corrected chi connectivity index (χ1v) is 1.87. The van der Waals surface area contributed by atoms with Crippen molar-refractivity contribution in [2.24, 2.45) is 0 Å². The van der Waals surface area contributed by atoms with Gasteiger partial charge < -0.3 is 0 Å². The van der Waals surface area contributed by atoms with Gasteiger partial charge in [-0.25, -0.2) is 0 Å². The Balaban J connectivity index is 2.32. The summed E-state index contributed by atoms with van der Waals surface area (Å²) in [5.74, 6) is 0. The SMILES string of the molecule is C[CH](O)[Ag]. The van der Waals surface area contributed by atoms with Crippen molar-refractivity contribution in [2.45, 2.75) is 11.2 Å². The van der Waals surface area contributed by atoms with Gasteiger partial charge in [-0.05, 0) is 0 Å². The molecule has 0 bridgehead atoms. The topological polar surface area (TPSA) is 20.2 Å². The monoisotopic (exact) mass is 152 g/mol. The third kappa shape index (κ3) is 15.9. The van der Waals surface area contributed by atoms with E-state index in [1.807, 2.05) is 0 Å². The Morgan fingerprint density at radius 1 is 2.00 bits per heavy atom. The fourth-order valence-electron chi connectivity index (χ4n) is 0. The number of aliphatic hydroxyl groups excluding tert-OH is 1. The first kappa shape index (κ1) is 4.70. The van der Waals surface area contributed by atoms with Crippen LogP contribution >= 0.6 is 0 Å². The van der Waals surface area contributed by atoms with Crippen LogP contribution in [0.3, 0.4) is 0 Å². The predicted octanol–water partition coefficient (Wildman–Crippen LogP) is -0.129. The molecule has 0 aliphatic heterocycles. The van der Waals surface area contributed by atoms with E-state index in [0.717, 1.165) is 0 Å². The summed E-state index contributed by atoms with van der Waals surface area (Å²) >= 11 is 2.84. The second-order valence-electron chi connectivity index (χ2n) is 0.510. The molecule has 0 aromatic heterocycles. The molecule has 0 aromatic carbocycles. The van der Waals surface area contributed by atoms with Crippen LogP contribution in [-0.4, -0.2) is 9.43 Å². The standard InChI is InChI=1S/C2H5O.Ag/c1-2-3;/h2-3H,1H3;. The molecule has 30 valence electrons. The van der Waals surface area contributed by atoms with Crippen LogP contribution in [0.4, 0.5) is 0 Å². The molecule has 0 radical (unpaired) electrons. The van der Waals surface area contributed by atoms with E-state index in [1.54, 1.807) is 6.92 Å². The van der Waals surface area contributed by atoms with Gasteiger partial charge in [0.1, 0.15) is 0 Å². The molecular formula is C2H5AgO. The number of hydrogen-bond donors (Lipinski definition) is 1. The van der Waals surface area contributed by atoms with E-state index >= 15 is 0 Å². The van der Waals surface area contributed by atoms with E-state index in [2.05, 4.69) is 21.1 Å². The second kappa shape index (κ2) is 1.97. The molecule has 4 heavy (non-hydrogen) atoms. The number of hydrogen-bond acceptors (Lipinski definition) is 1. The van der Waals surface area contributed by atoms with Crippen molar-refractivity contribution in [3.05, 3.63) is 0 Å². The van der Waals surface area contributed by atoms with Crippen molar-refractivity contribution in [3.8, 4) is 0 Å². The molecule has 0 heterocycles. The molecule has 0 aliphatic carbocycles. The summed E-state index contributed by atoms with van der Waals surface area (Å²) in [6.45, 7) is 1.64. The summed E-state index contributed by atoms with van der Waals surface area (Å²) in [5.41, 5.74) is 0. The maximum absolute atomic E-state index is 7.97. The van der Waals surface area contributed by atoms with E-state index in [0.29, 0.717) is 0 Å². The fourth-order valence-corrected chi connectivity index (χ4v) is 0. The van der Waals surface area contributed by atoms with Crippen LogP contribution in [0.25, 0.3) is 0 Å². The summed E-state index contributed by atoms with van der Waals surface area (Å²) in [5, 5.41) is 7.97. The Bertz CT molecular complexity index is 10.8. The summed E-state index contributed by atoms with van der Waals surface area (Å²) in [6.07, 6.45) is 0. The Kier molecular flexibility index (Phi) is 2.32. The van der Waals surface area contributed by atoms with Crippen molar-refractivity contribution >= 4 is 0 Å². The quantitative estimate of drug-likeness (QED) is 0.480. The molecule has 0 saturated heterocycles. The summed E-state index contributed by atoms with van der Waals surface area (Å²) in [7, 11) is 0. The van der Waals surface area contributed by atoms with Crippen molar-refractivity contribution < 1.29 is 26.2 Å². The van der Waals surface area contributed by atoms with E-state index < -0.39 is 0 Å².